The largest absolute Gasteiger partial charge is 0.295 e. The molecule has 3 heteroatoms. The van der Waals surface area contributed by atoms with Crippen LogP contribution in [0.25, 0.3) is 11.1 Å². The second kappa shape index (κ2) is 4.91. The van der Waals surface area contributed by atoms with Gasteiger partial charge in [-0.3, -0.25) is 4.79 Å². The molecule has 0 fully saturated rings. The maximum absolute atomic E-state index is 11.2. The number of ketones is 1. The van der Waals surface area contributed by atoms with Crippen molar-refractivity contribution in [3.63, 3.8) is 0 Å². The Kier molecular flexibility index (Phi) is 3.51. The monoisotopic (exact) mass is 264 g/mol. The molecule has 0 N–H and O–H groups in total. The van der Waals surface area contributed by atoms with Gasteiger partial charge in [0.2, 0.25) is 0 Å². The molecule has 2 aromatic carbocycles. The average Bonchev–Trinajstić information content (AvgIpc) is 2.33. The fourth-order valence-electron chi connectivity index (χ4n) is 1.57. The van der Waals surface area contributed by atoms with Crippen molar-refractivity contribution in [3.05, 3.63) is 58.1 Å². The van der Waals surface area contributed by atoms with E-state index < -0.39 is 0 Å². The average molecular weight is 265 g/mol. The summed E-state index contributed by atoms with van der Waals surface area (Å²) in [5.74, 6) is 0.0608. The first-order chi connectivity index (χ1) is 8.08. The maximum atomic E-state index is 11.2. The smallest absolute Gasteiger partial charge is 0.159 e. The Labute approximate surface area is 110 Å². The van der Waals surface area contributed by atoms with Gasteiger partial charge in [0.05, 0.1) is 10.0 Å². The molecule has 0 atom stereocenters. The van der Waals surface area contributed by atoms with Gasteiger partial charge in [0.1, 0.15) is 0 Å². The highest BCUT2D eigenvalue weighted by atomic mass is 35.5. The fraction of sp³-hybridized carbons (Fsp3) is 0.0714. The van der Waals surface area contributed by atoms with Crippen LogP contribution in [-0.4, -0.2) is 5.78 Å². The molecule has 0 bridgehead atoms. The molecule has 0 aliphatic carbocycles. The van der Waals surface area contributed by atoms with Gasteiger partial charge in [0, 0.05) is 5.56 Å². The molecule has 86 valence electrons. The third-order valence-electron chi connectivity index (χ3n) is 2.54. The van der Waals surface area contributed by atoms with Crippen LogP contribution >= 0.6 is 23.2 Å². The van der Waals surface area contributed by atoms with Gasteiger partial charge in [-0.05, 0) is 30.2 Å². The highest BCUT2D eigenvalue weighted by Crippen LogP contribution is 2.28. The Balaban J connectivity index is 2.39. The lowest BCUT2D eigenvalue weighted by atomic mass is 10.0. The van der Waals surface area contributed by atoms with E-state index in [1.54, 1.807) is 25.1 Å². The Morgan fingerprint density at radius 1 is 0.882 bits per heavy atom. The summed E-state index contributed by atoms with van der Waals surface area (Å²) in [4.78, 5) is 11.2. The van der Waals surface area contributed by atoms with Gasteiger partial charge in [-0.2, -0.15) is 0 Å². The van der Waals surface area contributed by atoms with E-state index in [9.17, 15) is 4.79 Å². The van der Waals surface area contributed by atoms with Crippen molar-refractivity contribution in [3.8, 4) is 11.1 Å². The first-order valence-corrected chi connectivity index (χ1v) is 5.90. The van der Waals surface area contributed by atoms with Crippen LogP contribution in [0.3, 0.4) is 0 Å². The van der Waals surface area contributed by atoms with Crippen LogP contribution in [0.4, 0.5) is 0 Å². The van der Waals surface area contributed by atoms with Gasteiger partial charge in [0.25, 0.3) is 0 Å². The van der Waals surface area contributed by atoms with Crippen LogP contribution in [0.15, 0.2) is 42.5 Å². The lowest BCUT2D eigenvalue weighted by molar-refractivity contribution is 0.101. The van der Waals surface area contributed by atoms with Crippen molar-refractivity contribution < 1.29 is 4.79 Å². The SMILES string of the molecule is CC(=O)c1ccc(-c2ccc(Cl)c(Cl)c2)cc1. The molecule has 0 aromatic heterocycles. The number of Topliss-reactive ketones (excluding diaryl/α,β-unsaturated/α-hetero) is 1. The number of halogens is 2. The normalized spacial score (nSPS) is 10.3. The van der Waals surface area contributed by atoms with Gasteiger partial charge in [-0.15, -0.1) is 0 Å². The van der Waals surface area contributed by atoms with Gasteiger partial charge < -0.3 is 0 Å². The minimum absolute atomic E-state index is 0.0608. The number of rotatable bonds is 2. The Hall–Kier alpha value is -1.31. The van der Waals surface area contributed by atoms with Crippen LogP contribution in [0.5, 0.6) is 0 Å². The number of benzene rings is 2. The summed E-state index contributed by atoms with van der Waals surface area (Å²) in [6, 6.07) is 12.9. The van der Waals surface area contributed by atoms with E-state index in [2.05, 4.69) is 0 Å². The first kappa shape index (κ1) is 12.2. The standard InChI is InChI=1S/C14H10Cl2O/c1-9(17)10-2-4-11(5-3-10)12-6-7-13(15)14(16)8-12/h2-8H,1H3. The van der Waals surface area contributed by atoms with Crippen LogP contribution in [0.1, 0.15) is 17.3 Å². The summed E-state index contributed by atoms with van der Waals surface area (Å²) < 4.78 is 0. The Bertz CT molecular complexity index is 559. The van der Waals surface area contributed by atoms with E-state index in [0.717, 1.165) is 11.1 Å². The first-order valence-electron chi connectivity index (χ1n) is 5.14. The van der Waals surface area contributed by atoms with E-state index in [-0.39, 0.29) is 5.78 Å². The minimum Gasteiger partial charge on any atom is -0.295 e. The van der Waals surface area contributed by atoms with Crippen LogP contribution in [0.2, 0.25) is 10.0 Å². The zero-order chi connectivity index (χ0) is 12.4. The maximum Gasteiger partial charge on any atom is 0.159 e. The number of hydrogen-bond donors (Lipinski definition) is 0. The van der Waals surface area contributed by atoms with Crippen LogP contribution < -0.4 is 0 Å². The summed E-state index contributed by atoms with van der Waals surface area (Å²) >= 11 is 11.8. The third kappa shape index (κ3) is 2.68. The summed E-state index contributed by atoms with van der Waals surface area (Å²) in [6.45, 7) is 1.55. The second-order valence-electron chi connectivity index (χ2n) is 3.76. The number of carbonyl (C=O) groups excluding carboxylic acids is 1. The van der Waals surface area contributed by atoms with Gasteiger partial charge >= 0.3 is 0 Å². The van der Waals surface area contributed by atoms with Crippen molar-refractivity contribution in [1.29, 1.82) is 0 Å². The molecule has 0 aliphatic rings. The fourth-order valence-corrected chi connectivity index (χ4v) is 1.87. The van der Waals surface area contributed by atoms with E-state index in [1.165, 1.54) is 0 Å². The molecule has 0 radical (unpaired) electrons. The van der Waals surface area contributed by atoms with E-state index in [0.29, 0.717) is 15.6 Å². The van der Waals surface area contributed by atoms with Crippen molar-refractivity contribution in [2.45, 2.75) is 6.92 Å². The highest BCUT2D eigenvalue weighted by molar-refractivity contribution is 6.42. The molecule has 2 rings (SSSR count). The number of hydrogen-bond acceptors (Lipinski definition) is 1. The quantitative estimate of drug-likeness (QED) is 0.708. The van der Waals surface area contributed by atoms with E-state index in [4.69, 9.17) is 23.2 Å². The lowest BCUT2D eigenvalue weighted by Gasteiger charge is -2.04. The molecular weight excluding hydrogens is 255 g/mol. The topological polar surface area (TPSA) is 17.1 Å². The number of carbonyl (C=O) groups is 1. The van der Waals surface area contributed by atoms with Crippen LogP contribution in [0, 0.1) is 0 Å². The summed E-state index contributed by atoms with van der Waals surface area (Å²) in [5, 5.41) is 1.07. The zero-order valence-electron chi connectivity index (χ0n) is 9.21. The van der Waals surface area contributed by atoms with Crippen molar-refractivity contribution in [2.24, 2.45) is 0 Å². The Morgan fingerprint density at radius 3 is 2.00 bits per heavy atom. The lowest BCUT2D eigenvalue weighted by Crippen LogP contribution is -1.90. The third-order valence-corrected chi connectivity index (χ3v) is 3.28. The van der Waals surface area contributed by atoms with Gasteiger partial charge in [-0.25, -0.2) is 0 Å². The molecule has 0 heterocycles. The van der Waals surface area contributed by atoms with Crippen molar-refractivity contribution >= 4 is 29.0 Å². The molecule has 0 saturated heterocycles. The second-order valence-corrected chi connectivity index (χ2v) is 4.58. The van der Waals surface area contributed by atoms with Gasteiger partial charge in [0.15, 0.2) is 5.78 Å². The molecule has 0 saturated carbocycles. The molecule has 2 aromatic rings. The summed E-state index contributed by atoms with van der Waals surface area (Å²) in [6.07, 6.45) is 0. The molecular formula is C14H10Cl2O. The molecule has 0 amide bonds. The molecule has 1 nitrogen and oxygen atoms in total. The predicted molar refractivity (Wildman–Crippen MR) is 71.9 cm³/mol. The molecule has 0 aliphatic heterocycles. The van der Waals surface area contributed by atoms with Crippen LogP contribution in [-0.2, 0) is 0 Å². The minimum atomic E-state index is 0.0608. The molecule has 17 heavy (non-hydrogen) atoms. The Morgan fingerprint density at radius 2 is 1.47 bits per heavy atom. The zero-order valence-corrected chi connectivity index (χ0v) is 10.7. The summed E-state index contributed by atoms with van der Waals surface area (Å²) in [5.41, 5.74) is 2.69. The summed E-state index contributed by atoms with van der Waals surface area (Å²) in [7, 11) is 0. The van der Waals surface area contributed by atoms with E-state index >= 15 is 0 Å². The van der Waals surface area contributed by atoms with Gasteiger partial charge in [-0.1, -0.05) is 53.5 Å². The highest BCUT2D eigenvalue weighted by Gasteiger charge is 2.03. The molecule has 0 unspecified atom stereocenters. The molecule has 0 spiro atoms. The van der Waals surface area contributed by atoms with Crippen molar-refractivity contribution in [2.75, 3.05) is 0 Å². The predicted octanol–water partition coefficient (Wildman–Crippen LogP) is 4.86. The van der Waals surface area contributed by atoms with Crippen molar-refractivity contribution in [1.82, 2.24) is 0 Å². The van der Waals surface area contributed by atoms with E-state index in [1.807, 2.05) is 24.3 Å².